The Morgan fingerprint density at radius 2 is 1.65 bits per heavy atom. The van der Waals surface area contributed by atoms with Crippen LogP contribution in [0.15, 0.2) is 42.5 Å². The van der Waals surface area contributed by atoms with Crippen LogP contribution in [0.4, 0.5) is 0 Å². The summed E-state index contributed by atoms with van der Waals surface area (Å²) < 4.78 is 0. The van der Waals surface area contributed by atoms with E-state index in [-0.39, 0.29) is 5.41 Å². The molecule has 0 fully saturated rings. The molecule has 0 saturated carbocycles. The van der Waals surface area contributed by atoms with Gasteiger partial charge in [0, 0.05) is 16.4 Å². The maximum atomic E-state index is 6.09. The fourth-order valence-electron chi connectivity index (χ4n) is 3.25. The molecular weight excluding hydrogens is 268 g/mol. The Kier molecular flexibility index (Phi) is 2.25. The molecule has 20 heavy (non-hydrogen) atoms. The summed E-state index contributed by atoms with van der Waals surface area (Å²) in [5.74, 6) is 0. The van der Waals surface area contributed by atoms with Gasteiger partial charge >= 0.3 is 0 Å². The Labute approximate surface area is 122 Å². The highest BCUT2D eigenvalue weighted by molar-refractivity contribution is 6.29. The third kappa shape index (κ3) is 1.40. The van der Waals surface area contributed by atoms with Gasteiger partial charge in [-0.25, -0.2) is 9.97 Å². The van der Waals surface area contributed by atoms with Gasteiger partial charge in [-0.1, -0.05) is 50.2 Å². The van der Waals surface area contributed by atoms with Crippen molar-refractivity contribution in [2.45, 2.75) is 19.3 Å². The molecule has 0 radical (unpaired) electrons. The van der Waals surface area contributed by atoms with Gasteiger partial charge in [0.25, 0.3) is 0 Å². The summed E-state index contributed by atoms with van der Waals surface area (Å²) in [4.78, 5) is 8.86. The van der Waals surface area contributed by atoms with Gasteiger partial charge in [-0.2, -0.15) is 0 Å². The van der Waals surface area contributed by atoms with Crippen LogP contribution in [0, 0.1) is 0 Å². The third-order valence-electron chi connectivity index (χ3n) is 4.22. The molecule has 1 heterocycles. The summed E-state index contributed by atoms with van der Waals surface area (Å²) in [5.41, 5.74) is 5.52. The molecule has 2 aromatic carbocycles. The molecule has 3 aromatic rings. The molecule has 0 unspecified atom stereocenters. The van der Waals surface area contributed by atoms with E-state index in [1.807, 2.05) is 18.2 Å². The van der Waals surface area contributed by atoms with E-state index in [0.717, 1.165) is 22.2 Å². The first-order chi connectivity index (χ1) is 9.59. The summed E-state index contributed by atoms with van der Waals surface area (Å²) in [7, 11) is 0. The topological polar surface area (TPSA) is 25.8 Å². The molecule has 0 spiro atoms. The Balaban J connectivity index is 2.28. The third-order valence-corrected chi connectivity index (χ3v) is 4.39. The van der Waals surface area contributed by atoms with Crippen molar-refractivity contribution in [3.05, 3.63) is 58.9 Å². The van der Waals surface area contributed by atoms with Gasteiger partial charge in [-0.05, 0) is 28.8 Å². The molecule has 2 nitrogen and oxygen atoms in total. The van der Waals surface area contributed by atoms with Crippen LogP contribution < -0.4 is 0 Å². The van der Waals surface area contributed by atoms with Gasteiger partial charge in [0.2, 0.25) is 5.28 Å². The van der Waals surface area contributed by atoms with E-state index in [1.54, 1.807) is 0 Å². The molecule has 0 saturated heterocycles. The number of halogens is 1. The Bertz CT molecular complexity index is 853. The molecule has 1 aromatic heterocycles. The maximum absolute atomic E-state index is 6.09. The van der Waals surface area contributed by atoms with Gasteiger partial charge in [-0.3, -0.25) is 0 Å². The maximum Gasteiger partial charge on any atom is 0.223 e. The fraction of sp³-hybridized carbons (Fsp3) is 0.176. The second kappa shape index (κ2) is 3.80. The van der Waals surface area contributed by atoms with E-state index in [1.165, 1.54) is 11.1 Å². The fourth-order valence-corrected chi connectivity index (χ4v) is 3.43. The number of hydrogen-bond donors (Lipinski definition) is 0. The van der Waals surface area contributed by atoms with Gasteiger partial charge in [0.05, 0.1) is 11.2 Å². The lowest BCUT2D eigenvalue weighted by Crippen LogP contribution is -2.24. The van der Waals surface area contributed by atoms with Crippen molar-refractivity contribution in [1.29, 1.82) is 0 Å². The van der Waals surface area contributed by atoms with Crippen LogP contribution >= 0.6 is 11.6 Å². The van der Waals surface area contributed by atoms with Crippen molar-refractivity contribution in [2.75, 3.05) is 0 Å². The molecule has 4 rings (SSSR count). The van der Waals surface area contributed by atoms with Crippen molar-refractivity contribution in [3.63, 3.8) is 0 Å². The standard InChI is InChI=1S/C17H13ClN2/c1-17(2)11-7-4-3-6-10(11)15-14-12(17)8-5-9-13(14)19-16(18)20-15/h3-9H,1-2H3. The van der Waals surface area contributed by atoms with E-state index in [0.29, 0.717) is 5.28 Å². The highest BCUT2D eigenvalue weighted by atomic mass is 35.5. The first-order valence-corrected chi connectivity index (χ1v) is 7.03. The molecular formula is C17H13ClN2. The van der Waals surface area contributed by atoms with Crippen molar-refractivity contribution in [3.8, 4) is 11.3 Å². The zero-order valence-electron chi connectivity index (χ0n) is 11.3. The Morgan fingerprint density at radius 1 is 0.900 bits per heavy atom. The number of aromatic nitrogens is 2. The average Bonchev–Trinajstić information content (AvgIpc) is 2.44. The van der Waals surface area contributed by atoms with Crippen molar-refractivity contribution in [2.24, 2.45) is 0 Å². The highest BCUT2D eigenvalue weighted by Crippen LogP contribution is 2.47. The van der Waals surface area contributed by atoms with E-state index < -0.39 is 0 Å². The minimum atomic E-state index is -0.0553. The molecule has 0 amide bonds. The van der Waals surface area contributed by atoms with Gasteiger partial charge < -0.3 is 0 Å². The normalized spacial score (nSPS) is 15.2. The first kappa shape index (κ1) is 11.9. The number of hydrogen-bond acceptors (Lipinski definition) is 2. The molecule has 0 atom stereocenters. The molecule has 0 N–H and O–H groups in total. The van der Waals surface area contributed by atoms with Crippen LogP contribution in [0.5, 0.6) is 0 Å². The van der Waals surface area contributed by atoms with Crippen LogP contribution in [0.2, 0.25) is 5.28 Å². The van der Waals surface area contributed by atoms with Gasteiger partial charge in [-0.15, -0.1) is 0 Å². The predicted octanol–water partition coefficient (Wildman–Crippen LogP) is 4.59. The number of rotatable bonds is 0. The van der Waals surface area contributed by atoms with Crippen molar-refractivity contribution in [1.82, 2.24) is 9.97 Å². The smallest absolute Gasteiger partial charge is 0.218 e. The molecule has 0 bridgehead atoms. The van der Waals surface area contributed by atoms with E-state index >= 15 is 0 Å². The SMILES string of the molecule is CC1(C)c2ccccc2-c2nc(Cl)nc3cccc1c23. The zero-order valence-corrected chi connectivity index (χ0v) is 12.1. The molecule has 1 aliphatic rings. The van der Waals surface area contributed by atoms with E-state index in [4.69, 9.17) is 11.6 Å². The number of fused-ring (bicyclic) bond motifs is 2. The molecule has 1 aliphatic carbocycles. The quantitative estimate of drug-likeness (QED) is 0.563. The summed E-state index contributed by atoms with van der Waals surface area (Å²) in [6.45, 7) is 4.50. The summed E-state index contributed by atoms with van der Waals surface area (Å²) in [5, 5.41) is 1.43. The van der Waals surface area contributed by atoms with Crippen LogP contribution in [0.25, 0.3) is 22.2 Å². The molecule has 98 valence electrons. The largest absolute Gasteiger partial charge is 0.223 e. The average molecular weight is 281 g/mol. The molecule has 0 aliphatic heterocycles. The van der Waals surface area contributed by atoms with Crippen LogP contribution in [0.1, 0.15) is 25.0 Å². The van der Waals surface area contributed by atoms with Crippen LogP contribution in [0.3, 0.4) is 0 Å². The number of benzene rings is 2. The molecule has 3 heteroatoms. The van der Waals surface area contributed by atoms with Gasteiger partial charge in [0.15, 0.2) is 0 Å². The van der Waals surface area contributed by atoms with E-state index in [2.05, 4.69) is 48.1 Å². The first-order valence-electron chi connectivity index (χ1n) is 6.65. The summed E-state index contributed by atoms with van der Waals surface area (Å²) in [6.07, 6.45) is 0. The summed E-state index contributed by atoms with van der Waals surface area (Å²) in [6, 6.07) is 14.6. The Hall–Kier alpha value is -1.93. The van der Waals surface area contributed by atoms with Crippen molar-refractivity contribution < 1.29 is 0 Å². The zero-order chi connectivity index (χ0) is 13.9. The Morgan fingerprint density at radius 3 is 2.50 bits per heavy atom. The second-order valence-electron chi connectivity index (χ2n) is 5.71. The van der Waals surface area contributed by atoms with Gasteiger partial charge in [0.1, 0.15) is 0 Å². The van der Waals surface area contributed by atoms with E-state index in [9.17, 15) is 0 Å². The van der Waals surface area contributed by atoms with Crippen LogP contribution in [-0.2, 0) is 5.41 Å². The lowest BCUT2D eigenvalue weighted by atomic mass is 9.70. The van der Waals surface area contributed by atoms with Crippen molar-refractivity contribution >= 4 is 22.5 Å². The minimum absolute atomic E-state index is 0.0553. The minimum Gasteiger partial charge on any atom is -0.218 e. The monoisotopic (exact) mass is 280 g/mol. The highest BCUT2D eigenvalue weighted by Gasteiger charge is 2.34. The lowest BCUT2D eigenvalue weighted by molar-refractivity contribution is 0.644. The second-order valence-corrected chi connectivity index (χ2v) is 6.05. The van der Waals surface area contributed by atoms with Crippen LogP contribution in [-0.4, -0.2) is 9.97 Å². The lowest BCUT2D eigenvalue weighted by Gasteiger charge is -2.34. The summed E-state index contributed by atoms with van der Waals surface area (Å²) >= 11 is 6.09. The number of nitrogens with zero attached hydrogens (tertiary/aromatic N) is 2. The predicted molar refractivity (Wildman–Crippen MR) is 82.1 cm³/mol.